The van der Waals surface area contributed by atoms with Gasteiger partial charge in [-0.15, -0.1) is 0 Å². The van der Waals surface area contributed by atoms with Gasteiger partial charge in [-0.1, -0.05) is 0 Å². The number of carbonyl (C=O) groups is 1. The summed E-state index contributed by atoms with van der Waals surface area (Å²) in [6.45, 7) is 2.26. The third-order valence-electron chi connectivity index (χ3n) is 2.16. The second-order valence-electron chi connectivity index (χ2n) is 3.39. The molecule has 1 aromatic heterocycles. The first kappa shape index (κ1) is 12.6. The van der Waals surface area contributed by atoms with Gasteiger partial charge >= 0.3 is 5.97 Å². The van der Waals surface area contributed by atoms with Gasteiger partial charge in [0.05, 0.1) is 0 Å². The summed E-state index contributed by atoms with van der Waals surface area (Å²) in [6.07, 6.45) is 3.13. The first-order chi connectivity index (χ1) is 7.52. The summed E-state index contributed by atoms with van der Waals surface area (Å²) in [5.41, 5.74) is 0.122. The van der Waals surface area contributed by atoms with Crippen LogP contribution in [0, 0.1) is 0 Å². The molecule has 1 rings (SSSR count). The molecule has 88 valence electrons. The normalized spacial score (nSPS) is 14.1. The molecule has 0 saturated carbocycles. The average Bonchev–Trinajstić information content (AvgIpc) is 2.25. The molecule has 0 amide bonds. The molecule has 2 unspecified atom stereocenters. The van der Waals surface area contributed by atoms with E-state index in [9.17, 15) is 9.00 Å². The summed E-state index contributed by atoms with van der Waals surface area (Å²) in [4.78, 5) is 14.8. The Morgan fingerprint density at radius 2 is 2.38 bits per heavy atom. The maximum absolute atomic E-state index is 11.1. The predicted molar refractivity (Wildman–Crippen MR) is 63.2 cm³/mol. The minimum atomic E-state index is -1.03. The van der Waals surface area contributed by atoms with Crippen LogP contribution in [0.5, 0.6) is 0 Å². The van der Waals surface area contributed by atoms with Gasteiger partial charge < -0.3 is 10.4 Å². The van der Waals surface area contributed by atoms with Crippen LogP contribution in [0.1, 0.15) is 17.3 Å². The molecule has 2 N–H and O–H groups in total. The fraction of sp³-hybridized carbons (Fsp3) is 0.400. The van der Waals surface area contributed by atoms with Gasteiger partial charge in [0, 0.05) is 35.0 Å². The summed E-state index contributed by atoms with van der Waals surface area (Å²) in [5.74, 6) is -0.715. The van der Waals surface area contributed by atoms with Gasteiger partial charge in [-0.05, 0) is 19.1 Å². The van der Waals surface area contributed by atoms with Crippen molar-refractivity contribution in [3.8, 4) is 0 Å². The minimum Gasteiger partial charge on any atom is -0.478 e. The fourth-order valence-electron chi connectivity index (χ4n) is 1.08. The van der Waals surface area contributed by atoms with Crippen molar-refractivity contribution in [2.24, 2.45) is 0 Å². The molecule has 1 heterocycles. The zero-order valence-electron chi connectivity index (χ0n) is 9.14. The molecule has 2 atom stereocenters. The van der Waals surface area contributed by atoms with Gasteiger partial charge in [-0.2, -0.15) is 0 Å². The van der Waals surface area contributed by atoms with Crippen molar-refractivity contribution in [1.29, 1.82) is 0 Å². The van der Waals surface area contributed by atoms with E-state index >= 15 is 0 Å². The zero-order valence-corrected chi connectivity index (χ0v) is 9.95. The Hall–Kier alpha value is -1.43. The highest BCUT2D eigenvalue weighted by Gasteiger charge is 2.12. The molecule has 0 aliphatic heterocycles. The maximum Gasteiger partial charge on any atom is 0.339 e. The highest BCUT2D eigenvalue weighted by molar-refractivity contribution is 7.84. The topological polar surface area (TPSA) is 79.3 Å². The number of aromatic nitrogens is 1. The number of nitrogens with one attached hydrogen (secondary N) is 1. The third kappa shape index (κ3) is 3.30. The summed E-state index contributed by atoms with van der Waals surface area (Å²) in [5, 5.41) is 11.7. The van der Waals surface area contributed by atoms with Crippen LogP contribution in [0.15, 0.2) is 18.3 Å². The van der Waals surface area contributed by atoms with Crippen molar-refractivity contribution in [3.05, 3.63) is 23.9 Å². The number of hydrogen-bond donors (Lipinski definition) is 2. The van der Waals surface area contributed by atoms with E-state index in [1.54, 1.807) is 12.3 Å². The van der Waals surface area contributed by atoms with Crippen LogP contribution in [0.25, 0.3) is 0 Å². The quantitative estimate of drug-likeness (QED) is 0.804. The van der Waals surface area contributed by atoms with E-state index in [0.717, 1.165) is 0 Å². The Morgan fingerprint density at radius 3 is 2.94 bits per heavy atom. The predicted octanol–water partition coefficient (Wildman–Crippen LogP) is 0.959. The van der Waals surface area contributed by atoms with Crippen molar-refractivity contribution in [2.45, 2.75) is 12.2 Å². The number of pyridine rings is 1. The molecule has 1 aromatic rings. The second-order valence-corrected chi connectivity index (χ2v) is 5.20. The van der Waals surface area contributed by atoms with Crippen LogP contribution in [0.2, 0.25) is 0 Å². The number of rotatable bonds is 5. The third-order valence-corrected chi connectivity index (χ3v) is 3.46. The van der Waals surface area contributed by atoms with E-state index in [1.165, 1.54) is 12.3 Å². The van der Waals surface area contributed by atoms with E-state index in [-0.39, 0.29) is 10.8 Å². The molecule has 0 saturated heterocycles. The lowest BCUT2D eigenvalue weighted by molar-refractivity contribution is 0.0697. The molecule has 0 spiro atoms. The van der Waals surface area contributed by atoms with Gasteiger partial charge in [-0.3, -0.25) is 4.21 Å². The highest BCUT2D eigenvalue weighted by Crippen LogP contribution is 2.11. The van der Waals surface area contributed by atoms with Crippen LogP contribution in [-0.2, 0) is 10.8 Å². The molecule has 0 bridgehead atoms. The fourth-order valence-corrected chi connectivity index (χ4v) is 1.39. The maximum atomic E-state index is 11.1. The monoisotopic (exact) mass is 242 g/mol. The van der Waals surface area contributed by atoms with Crippen molar-refractivity contribution in [3.63, 3.8) is 0 Å². The Bertz CT molecular complexity index is 409. The molecule has 0 aromatic carbocycles. The largest absolute Gasteiger partial charge is 0.478 e. The number of anilines is 1. The molecule has 16 heavy (non-hydrogen) atoms. The van der Waals surface area contributed by atoms with Crippen LogP contribution < -0.4 is 5.32 Å². The molecule has 0 fully saturated rings. The van der Waals surface area contributed by atoms with E-state index < -0.39 is 16.8 Å². The molecule has 0 radical (unpaired) electrons. The summed E-state index contributed by atoms with van der Waals surface area (Å²) >= 11 is 0. The second kappa shape index (κ2) is 5.60. The highest BCUT2D eigenvalue weighted by atomic mass is 32.2. The first-order valence-electron chi connectivity index (χ1n) is 4.76. The lowest BCUT2D eigenvalue weighted by Crippen LogP contribution is -2.22. The van der Waals surface area contributed by atoms with Gasteiger partial charge in [0.15, 0.2) is 0 Å². The average molecular weight is 242 g/mol. The van der Waals surface area contributed by atoms with E-state index in [4.69, 9.17) is 5.11 Å². The smallest absolute Gasteiger partial charge is 0.339 e. The van der Waals surface area contributed by atoms with Crippen molar-refractivity contribution in [1.82, 2.24) is 4.98 Å². The molecule has 6 heteroatoms. The number of nitrogens with zero attached hydrogens (tertiary/aromatic N) is 1. The Morgan fingerprint density at radius 1 is 1.69 bits per heavy atom. The zero-order chi connectivity index (χ0) is 12.1. The Kier molecular flexibility index (Phi) is 4.42. The molecular formula is C10H14N2O3S. The standard InChI is InChI=1S/C10H14N2O3S/c1-7(16(2)15)6-12-9-8(10(13)14)4-3-5-11-9/h3-5,7H,6H2,1-2H3,(H,11,12)(H,13,14). The Labute approximate surface area is 96.4 Å². The summed E-state index contributed by atoms with van der Waals surface area (Å²) in [6, 6.07) is 3.04. The summed E-state index contributed by atoms with van der Waals surface area (Å²) < 4.78 is 11.1. The lowest BCUT2D eigenvalue weighted by atomic mass is 10.2. The first-order valence-corrected chi connectivity index (χ1v) is 6.39. The van der Waals surface area contributed by atoms with Crippen LogP contribution in [-0.4, -0.2) is 38.3 Å². The molecule has 5 nitrogen and oxygen atoms in total. The number of carboxylic acid groups (broad SMARTS) is 1. The van der Waals surface area contributed by atoms with Crippen molar-refractivity contribution in [2.75, 3.05) is 18.1 Å². The van der Waals surface area contributed by atoms with E-state index in [2.05, 4.69) is 10.3 Å². The number of aromatic carboxylic acids is 1. The van der Waals surface area contributed by atoms with Gasteiger partial charge in [0.25, 0.3) is 0 Å². The minimum absolute atomic E-state index is 0.0522. The van der Waals surface area contributed by atoms with Crippen LogP contribution in [0.3, 0.4) is 0 Å². The van der Waals surface area contributed by atoms with Gasteiger partial charge in [0.1, 0.15) is 11.4 Å². The van der Waals surface area contributed by atoms with Gasteiger partial charge in [-0.25, -0.2) is 9.78 Å². The molecule has 0 aliphatic carbocycles. The lowest BCUT2D eigenvalue weighted by Gasteiger charge is -2.11. The van der Waals surface area contributed by atoms with Gasteiger partial charge in [0.2, 0.25) is 0 Å². The van der Waals surface area contributed by atoms with Crippen LogP contribution >= 0.6 is 0 Å². The van der Waals surface area contributed by atoms with E-state index in [1.807, 2.05) is 6.92 Å². The van der Waals surface area contributed by atoms with Crippen molar-refractivity contribution < 1.29 is 14.1 Å². The molecular weight excluding hydrogens is 228 g/mol. The number of hydrogen-bond acceptors (Lipinski definition) is 4. The SMILES string of the molecule is CC(CNc1ncccc1C(=O)O)S(C)=O. The van der Waals surface area contributed by atoms with E-state index in [0.29, 0.717) is 12.4 Å². The Balaban J connectivity index is 2.74. The van der Waals surface area contributed by atoms with Crippen LogP contribution in [0.4, 0.5) is 5.82 Å². The number of carboxylic acids is 1. The van der Waals surface area contributed by atoms with Crippen molar-refractivity contribution >= 4 is 22.6 Å². The molecule has 0 aliphatic rings. The summed E-state index contributed by atoms with van der Waals surface area (Å²) in [7, 11) is -0.939.